The zero-order chi connectivity index (χ0) is 16.4. The first-order valence-corrected chi connectivity index (χ1v) is 7.27. The van der Waals surface area contributed by atoms with Gasteiger partial charge in [-0.15, -0.1) is 0 Å². The third kappa shape index (κ3) is 2.66. The molecular weight excluding hydrogens is 290 g/mol. The summed E-state index contributed by atoms with van der Waals surface area (Å²) in [7, 11) is 0. The molecule has 0 saturated carbocycles. The predicted molar refractivity (Wildman–Crippen MR) is 86.2 cm³/mol. The fourth-order valence-corrected chi connectivity index (χ4v) is 2.50. The van der Waals surface area contributed by atoms with Crippen molar-refractivity contribution in [3.63, 3.8) is 0 Å². The second-order valence-corrected chi connectivity index (χ2v) is 5.29. The topological polar surface area (TPSA) is 95.2 Å². The number of pyridine rings is 1. The van der Waals surface area contributed by atoms with Gasteiger partial charge < -0.3 is 5.32 Å². The van der Waals surface area contributed by atoms with Gasteiger partial charge >= 0.3 is 0 Å². The summed E-state index contributed by atoms with van der Waals surface area (Å²) in [4.78, 5) is 4.33. The van der Waals surface area contributed by atoms with E-state index in [2.05, 4.69) is 31.7 Å². The Morgan fingerprint density at radius 1 is 1.30 bits per heavy atom. The van der Waals surface area contributed by atoms with Gasteiger partial charge in [-0.05, 0) is 32.9 Å². The average molecular weight is 307 g/mol. The van der Waals surface area contributed by atoms with Crippen LogP contribution in [0.3, 0.4) is 0 Å². The summed E-state index contributed by atoms with van der Waals surface area (Å²) in [6.45, 7) is 6.34. The van der Waals surface area contributed by atoms with Crippen molar-refractivity contribution in [3.05, 3.63) is 52.6 Å². The van der Waals surface area contributed by atoms with E-state index in [1.54, 1.807) is 6.20 Å². The third-order valence-electron chi connectivity index (χ3n) is 3.80. The van der Waals surface area contributed by atoms with Crippen molar-refractivity contribution >= 4 is 5.82 Å². The first-order chi connectivity index (χ1) is 11.1. The van der Waals surface area contributed by atoms with Gasteiger partial charge in [-0.25, -0.2) is 9.67 Å². The number of anilines is 1. The summed E-state index contributed by atoms with van der Waals surface area (Å²) in [5, 5.41) is 23.9. The third-order valence-corrected chi connectivity index (χ3v) is 3.80. The van der Waals surface area contributed by atoms with Gasteiger partial charge in [-0.1, -0.05) is 6.07 Å². The summed E-state index contributed by atoms with van der Waals surface area (Å²) >= 11 is 0. The van der Waals surface area contributed by atoms with Crippen LogP contribution in [0.15, 0.2) is 24.4 Å². The Morgan fingerprint density at radius 3 is 2.83 bits per heavy atom. The van der Waals surface area contributed by atoms with Crippen LogP contribution in [0.1, 0.15) is 28.2 Å². The van der Waals surface area contributed by atoms with Gasteiger partial charge in [0.25, 0.3) is 0 Å². The number of nitrogens with one attached hydrogen (secondary N) is 2. The van der Waals surface area contributed by atoms with Crippen LogP contribution < -0.4 is 5.32 Å². The maximum atomic E-state index is 9.17. The molecule has 116 valence electrons. The number of H-pyrrole nitrogens is 1. The molecule has 3 aromatic rings. The lowest BCUT2D eigenvalue weighted by atomic mass is 10.2. The van der Waals surface area contributed by atoms with Crippen LogP contribution in [0, 0.1) is 32.1 Å². The fraction of sp³-hybridized carbons (Fsp3) is 0.250. The van der Waals surface area contributed by atoms with Crippen LogP contribution in [-0.2, 0) is 6.54 Å². The minimum atomic E-state index is 0.539. The van der Waals surface area contributed by atoms with Crippen LogP contribution in [0.4, 0.5) is 5.82 Å². The van der Waals surface area contributed by atoms with E-state index in [-0.39, 0.29) is 0 Å². The zero-order valence-electron chi connectivity index (χ0n) is 13.3. The van der Waals surface area contributed by atoms with Crippen molar-refractivity contribution in [2.24, 2.45) is 0 Å². The highest BCUT2D eigenvalue weighted by molar-refractivity contribution is 5.54. The minimum absolute atomic E-state index is 0.539. The SMILES string of the molecule is Cc1nn(-c2ccccn2)c(C)c1CNc1n[nH]c(C)c1C#N. The van der Waals surface area contributed by atoms with Gasteiger partial charge in [0, 0.05) is 24.0 Å². The molecule has 0 unspecified atom stereocenters. The molecule has 0 atom stereocenters. The molecular formula is C16H17N7. The number of aryl methyl sites for hydroxylation is 2. The lowest BCUT2D eigenvalue weighted by molar-refractivity contribution is 0.805. The molecule has 23 heavy (non-hydrogen) atoms. The van der Waals surface area contributed by atoms with Crippen molar-refractivity contribution in [1.29, 1.82) is 5.26 Å². The highest BCUT2D eigenvalue weighted by Crippen LogP contribution is 2.20. The maximum Gasteiger partial charge on any atom is 0.166 e. The number of aromatic amines is 1. The minimum Gasteiger partial charge on any atom is -0.363 e. The highest BCUT2D eigenvalue weighted by Gasteiger charge is 2.15. The van der Waals surface area contributed by atoms with E-state index < -0.39 is 0 Å². The molecule has 0 aromatic carbocycles. The van der Waals surface area contributed by atoms with Crippen molar-refractivity contribution in [2.75, 3.05) is 5.32 Å². The molecule has 0 aliphatic rings. The molecule has 0 aliphatic heterocycles. The molecule has 0 saturated heterocycles. The zero-order valence-corrected chi connectivity index (χ0v) is 13.3. The van der Waals surface area contributed by atoms with Gasteiger partial charge in [-0.2, -0.15) is 15.5 Å². The average Bonchev–Trinajstić information content (AvgIpc) is 3.06. The Balaban J connectivity index is 1.87. The van der Waals surface area contributed by atoms with Crippen LogP contribution in [0.25, 0.3) is 5.82 Å². The Morgan fingerprint density at radius 2 is 2.13 bits per heavy atom. The number of hydrogen-bond donors (Lipinski definition) is 2. The van der Waals surface area contributed by atoms with Gasteiger partial charge in [-0.3, -0.25) is 5.10 Å². The largest absolute Gasteiger partial charge is 0.363 e. The number of rotatable bonds is 4. The standard InChI is InChI=1S/C16H17N7/c1-10-13(8-17)16(21-20-10)19-9-14-11(2)22-23(12(14)3)15-6-4-5-7-18-15/h4-7H,9H2,1-3H3,(H2,19,20,21). The van der Waals surface area contributed by atoms with E-state index in [1.165, 1.54) is 0 Å². The van der Waals surface area contributed by atoms with Gasteiger partial charge in [0.1, 0.15) is 11.6 Å². The number of hydrogen-bond acceptors (Lipinski definition) is 5. The van der Waals surface area contributed by atoms with Crippen LogP contribution in [0.5, 0.6) is 0 Å². The Hall–Kier alpha value is -3.14. The molecule has 0 spiro atoms. The van der Waals surface area contributed by atoms with E-state index in [0.717, 1.165) is 28.5 Å². The van der Waals surface area contributed by atoms with Gasteiger partial charge in [0.15, 0.2) is 11.6 Å². The highest BCUT2D eigenvalue weighted by atomic mass is 15.3. The lowest BCUT2D eigenvalue weighted by Gasteiger charge is -2.06. The van der Waals surface area contributed by atoms with E-state index >= 15 is 0 Å². The first-order valence-electron chi connectivity index (χ1n) is 7.27. The number of nitrogens with zero attached hydrogens (tertiary/aromatic N) is 5. The second kappa shape index (κ2) is 5.93. The Labute approximate surface area is 134 Å². The predicted octanol–water partition coefficient (Wildman–Crippen LogP) is 2.40. The summed E-state index contributed by atoms with van der Waals surface area (Å²) in [5.41, 5.74) is 4.30. The molecule has 3 rings (SSSR count). The van der Waals surface area contributed by atoms with Crippen molar-refractivity contribution in [1.82, 2.24) is 25.0 Å². The van der Waals surface area contributed by atoms with Crippen molar-refractivity contribution in [3.8, 4) is 11.9 Å². The van der Waals surface area contributed by atoms with Crippen LogP contribution in [-0.4, -0.2) is 25.0 Å². The Kier molecular flexibility index (Phi) is 3.81. The van der Waals surface area contributed by atoms with Crippen LogP contribution >= 0.6 is 0 Å². The molecule has 2 N–H and O–H groups in total. The van der Waals surface area contributed by atoms with Gasteiger partial charge in [0.05, 0.1) is 11.4 Å². The fourth-order valence-electron chi connectivity index (χ4n) is 2.50. The molecule has 7 heteroatoms. The van der Waals surface area contributed by atoms with E-state index in [1.807, 2.05) is 43.7 Å². The summed E-state index contributed by atoms with van der Waals surface area (Å²) in [6.07, 6.45) is 1.75. The molecule has 3 aromatic heterocycles. The summed E-state index contributed by atoms with van der Waals surface area (Å²) in [5.74, 6) is 1.35. The quantitative estimate of drug-likeness (QED) is 0.771. The molecule has 0 amide bonds. The van der Waals surface area contributed by atoms with E-state index in [0.29, 0.717) is 17.9 Å². The first kappa shape index (κ1) is 14.8. The molecule has 0 fully saturated rings. The summed E-state index contributed by atoms with van der Waals surface area (Å²) in [6, 6.07) is 7.88. The lowest BCUT2D eigenvalue weighted by Crippen LogP contribution is -2.05. The number of nitriles is 1. The van der Waals surface area contributed by atoms with Crippen molar-refractivity contribution < 1.29 is 0 Å². The van der Waals surface area contributed by atoms with E-state index in [9.17, 15) is 5.26 Å². The molecule has 0 radical (unpaired) electrons. The normalized spacial score (nSPS) is 10.5. The van der Waals surface area contributed by atoms with Crippen molar-refractivity contribution in [2.45, 2.75) is 27.3 Å². The van der Waals surface area contributed by atoms with Gasteiger partial charge in [0.2, 0.25) is 0 Å². The second-order valence-electron chi connectivity index (χ2n) is 5.29. The number of aromatic nitrogens is 5. The molecule has 7 nitrogen and oxygen atoms in total. The summed E-state index contributed by atoms with van der Waals surface area (Å²) < 4.78 is 1.83. The smallest absolute Gasteiger partial charge is 0.166 e. The van der Waals surface area contributed by atoms with E-state index in [4.69, 9.17) is 0 Å². The maximum absolute atomic E-state index is 9.17. The Bertz CT molecular complexity index is 868. The monoisotopic (exact) mass is 307 g/mol. The molecule has 0 bridgehead atoms. The molecule has 3 heterocycles. The molecule has 0 aliphatic carbocycles. The van der Waals surface area contributed by atoms with Crippen LogP contribution in [0.2, 0.25) is 0 Å².